The van der Waals surface area contributed by atoms with E-state index in [1.165, 1.54) is 28.9 Å². The van der Waals surface area contributed by atoms with Crippen LogP contribution >= 0.6 is 0 Å². The summed E-state index contributed by atoms with van der Waals surface area (Å²) in [6, 6.07) is 9.21. The van der Waals surface area contributed by atoms with Crippen LogP contribution in [0.25, 0.3) is 0 Å². The SMILES string of the molecule is Cc1ccc(CN2CCN(C(=O)c3ccnn3C(C)C(=O)O)CC2)cc1. The maximum Gasteiger partial charge on any atom is 0.328 e. The van der Waals surface area contributed by atoms with Gasteiger partial charge in [-0.1, -0.05) is 29.8 Å². The number of piperazine rings is 1. The largest absolute Gasteiger partial charge is 0.480 e. The first kappa shape index (κ1) is 18.1. The van der Waals surface area contributed by atoms with Gasteiger partial charge in [0.2, 0.25) is 0 Å². The molecule has 1 fully saturated rings. The molecule has 1 aliphatic rings. The lowest BCUT2D eigenvalue weighted by Crippen LogP contribution is -2.48. The Morgan fingerprint density at radius 3 is 2.38 bits per heavy atom. The third kappa shape index (κ3) is 3.94. The van der Waals surface area contributed by atoms with Gasteiger partial charge < -0.3 is 10.0 Å². The summed E-state index contributed by atoms with van der Waals surface area (Å²) in [5.74, 6) is -1.17. The molecule has 0 saturated carbocycles. The topological polar surface area (TPSA) is 78.7 Å². The molecule has 1 aromatic carbocycles. The average Bonchev–Trinajstić information content (AvgIpc) is 3.12. The molecule has 138 valence electrons. The number of hydrogen-bond acceptors (Lipinski definition) is 4. The van der Waals surface area contributed by atoms with Gasteiger partial charge in [0.25, 0.3) is 5.91 Å². The van der Waals surface area contributed by atoms with Gasteiger partial charge in [-0.2, -0.15) is 5.10 Å². The van der Waals surface area contributed by atoms with Crippen LogP contribution in [0.15, 0.2) is 36.5 Å². The van der Waals surface area contributed by atoms with Gasteiger partial charge in [0.05, 0.1) is 0 Å². The second-order valence-corrected chi connectivity index (χ2v) is 6.73. The van der Waals surface area contributed by atoms with Crippen molar-refractivity contribution in [2.75, 3.05) is 26.2 Å². The molecule has 7 nitrogen and oxygen atoms in total. The first-order chi connectivity index (χ1) is 12.5. The van der Waals surface area contributed by atoms with Crippen LogP contribution in [0, 0.1) is 6.92 Å². The molecule has 1 aromatic heterocycles. The Balaban J connectivity index is 1.60. The van der Waals surface area contributed by atoms with E-state index in [2.05, 4.69) is 41.2 Å². The van der Waals surface area contributed by atoms with Crippen LogP contribution < -0.4 is 0 Å². The Hall–Kier alpha value is -2.67. The summed E-state index contributed by atoms with van der Waals surface area (Å²) >= 11 is 0. The summed E-state index contributed by atoms with van der Waals surface area (Å²) in [4.78, 5) is 28.1. The normalized spacial score (nSPS) is 16.5. The minimum absolute atomic E-state index is 0.161. The molecule has 1 saturated heterocycles. The zero-order valence-electron chi connectivity index (χ0n) is 15.1. The lowest BCUT2D eigenvalue weighted by molar-refractivity contribution is -0.140. The molecule has 1 atom stereocenters. The van der Waals surface area contributed by atoms with Gasteiger partial charge in [0.15, 0.2) is 0 Å². The van der Waals surface area contributed by atoms with Crippen LogP contribution in [0.4, 0.5) is 0 Å². The Bertz CT molecular complexity index is 776. The quantitative estimate of drug-likeness (QED) is 0.884. The molecular formula is C19H24N4O3. The number of carboxylic acids is 1. The second-order valence-electron chi connectivity index (χ2n) is 6.73. The average molecular weight is 356 g/mol. The number of benzene rings is 1. The predicted molar refractivity (Wildman–Crippen MR) is 96.9 cm³/mol. The first-order valence-corrected chi connectivity index (χ1v) is 8.79. The summed E-state index contributed by atoms with van der Waals surface area (Å²) in [6.45, 7) is 7.30. The third-order valence-electron chi connectivity index (χ3n) is 4.80. The van der Waals surface area contributed by atoms with Crippen LogP contribution in [0.2, 0.25) is 0 Å². The van der Waals surface area contributed by atoms with Gasteiger partial charge in [-0.3, -0.25) is 9.69 Å². The minimum atomic E-state index is -1.01. The van der Waals surface area contributed by atoms with Crippen molar-refractivity contribution in [1.82, 2.24) is 19.6 Å². The van der Waals surface area contributed by atoms with E-state index in [0.29, 0.717) is 18.8 Å². The maximum atomic E-state index is 12.8. The van der Waals surface area contributed by atoms with E-state index in [-0.39, 0.29) is 5.91 Å². The van der Waals surface area contributed by atoms with Crippen molar-refractivity contribution in [1.29, 1.82) is 0 Å². The number of rotatable bonds is 5. The molecule has 0 radical (unpaired) electrons. The molecule has 1 N–H and O–H groups in total. The van der Waals surface area contributed by atoms with E-state index in [1.807, 2.05) is 0 Å². The van der Waals surface area contributed by atoms with Crippen molar-refractivity contribution in [2.45, 2.75) is 26.4 Å². The predicted octanol–water partition coefficient (Wildman–Crippen LogP) is 1.80. The molecule has 3 rings (SSSR count). The standard InChI is InChI=1S/C19H24N4O3/c1-14-3-5-16(6-4-14)13-21-9-11-22(12-10-21)18(24)17-7-8-20-23(17)15(2)19(25)26/h3-8,15H,9-13H2,1-2H3,(H,25,26). The van der Waals surface area contributed by atoms with Crippen LogP contribution in [-0.4, -0.2) is 62.7 Å². The molecule has 7 heteroatoms. The molecule has 2 aromatic rings. The van der Waals surface area contributed by atoms with E-state index in [9.17, 15) is 9.59 Å². The zero-order valence-corrected chi connectivity index (χ0v) is 15.1. The number of aryl methyl sites for hydroxylation is 1. The van der Waals surface area contributed by atoms with E-state index in [1.54, 1.807) is 11.0 Å². The first-order valence-electron chi connectivity index (χ1n) is 8.79. The van der Waals surface area contributed by atoms with Gasteiger partial charge in [-0.15, -0.1) is 0 Å². The van der Waals surface area contributed by atoms with Crippen molar-refractivity contribution < 1.29 is 14.7 Å². The Morgan fingerprint density at radius 1 is 1.12 bits per heavy atom. The van der Waals surface area contributed by atoms with Crippen LogP contribution in [-0.2, 0) is 11.3 Å². The number of amides is 1. The van der Waals surface area contributed by atoms with E-state index >= 15 is 0 Å². The van der Waals surface area contributed by atoms with Crippen molar-refractivity contribution in [3.05, 3.63) is 53.3 Å². The molecule has 0 bridgehead atoms. The van der Waals surface area contributed by atoms with Gasteiger partial charge in [-0.05, 0) is 25.5 Å². The Kier molecular flexibility index (Phi) is 5.37. The molecule has 26 heavy (non-hydrogen) atoms. The maximum absolute atomic E-state index is 12.8. The molecular weight excluding hydrogens is 332 g/mol. The highest BCUT2D eigenvalue weighted by molar-refractivity contribution is 5.93. The number of nitrogens with zero attached hydrogens (tertiary/aromatic N) is 4. The molecule has 0 spiro atoms. The van der Waals surface area contributed by atoms with E-state index < -0.39 is 12.0 Å². The fourth-order valence-corrected chi connectivity index (χ4v) is 3.12. The number of aromatic nitrogens is 2. The highest BCUT2D eigenvalue weighted by atomic mass is 16.4. The smallest absolute Gasteiger partial charge is 0.328 e. The molecule has 1 aliphatic heterocycles. The monoisotopic (exact) mass is 356 g/mol. The number of aliphatic carboxylic acids is 1. The van der Waals surface area contributed by atoms with Crippen molar-refractivity contribution >= 4 is 11.9 Å². The summed E-state index contributed by atoms with van der Waals surface area (Å²) in [5, 5.41) is 13.2. The Morgan fingerprint density at radius 2 is 1.77 bits per heavy atom. The van der Waals surface area contributed by atoms with Gasteiger partial charge in [0, 0.05) is 38.9 Å². The second kappa shape index (κ2) is 7.70. The van der Waals surface area contributed by atoms with Crippen LogP contribution in [0.5, 0.6) is 0 Å². The van der Waals surface area contributed by atoms with E-state index in [4.69, 9.17) is 5.11 Å². The fraction of sp³-hybridized carbons (Fsp3) is 0.421. The zero-order chi connectivity index (χ0) is 18.7. The number of carbonyl (C=O) groups excluding carboxylic acids is 1. The van der Waals surface area contributed by atoms with Gasteiger partial charge in [0.1, 0.15) is 11.7 Å². The van der Waals surface area contributed by atoms with Crippen molar-refractivity contribution in [3.63, 3.8) is 0 Å². The molecule has 2 heterocycles. The van der Waals surface area contributed by atoms with Crippen molar-refractivity contribution in [3.8, 4) is 0 Å². The van der Waals surface area contributed by atoms with Crippen LogP contribution in [0.3, 0.4) is 0 Å². The summed E-state index contributed by atoms with van der Waals surface area (Å²) in [7, 11) is 0. The Labute approximate surface area is 152 Å². The summed E-state index contributed by atoms with van der Waals surface area (Å²) in [5.41, 5.74) is 2.84. The molecule has 0 aliphatic carbocycles. The highest BCUT2D eigenvalue weighted by Crippen LogP contribution is 2.15. The minimum Gasteiger partial charge on any atom is -0.480 e. The van der Waals surface area contributed by atoms with Gasteiger partial charge >= 0.3 is 5.97 Å². The van der Waals surface area contributed by atoms with Crippen LogP contribution in [0.1, 0.15) is 34.6 Å². The molecule has 1 amide bonds. The number of hydrogen-bond donors (Lipinski definition) is 1. The lowest BCUT2D eigenvalue weighted by atomic mass is 10.1. The summed E-state index contributed by atoms with van der Waals surface area (Å²) in [6.07, 6.45) is 1.47. The van der Waals surface area contributed by atoms with Crippen molar-refractivity contribution in [2.24, 2.45) is 0 Å². The van der Waals surface area contributed by atoms with Gasteiger partial charge in [-0.25, -0.2) is 9.48 Å². The highest BCUT2D eigenvalue weighted by Gasteiger charge is 2.27. The third-order valence-corrected chi connectivity index (χ3v) is 4.80. The molecule has 1 unspecified atom stereocenters. The van der Waals surface area contributed by atoms with E-state index in [0.717, 1.165) is 19.6 Å². The number of carbonyl (C=O) groups is 2. The fourth-order valence-electron chi connectivity index (χ4n) is 3.12. The summed E-state index contributed by atoms with van der Waals surface area (Å²) < 4.78 is 1.28. The number of carboxylic acid groups (broad SMARTS) is 1. The lowest BCUT2D eigenvalue weighted by Gasteiger charge is -2.34.